The van der Waals surface area contributed by atoms with Crippen LogP contribution in [0.15, 0.2) is 91.0 Å². The number of hydrogen-bond acceptors (Lipinski definition) is 2. The van der Waals surface area contributed by atoms with Crippen molar-refractivity contribution < 1.29 is 0 Å². The van der Waals surface area contributed by atoms with Crippen LogP contribution in [0.1, 0.15) is 36.5 Å². The third kappa shape index (κ3) is 3.20. The van der Waals surface area contributed by atoms with Gasteiger partial charge in [-0.2, -0.15) is 0 Å². The lowest BCUT2D eigenvalue weighted by atomic mass is 9.73. The fourth-order valence-electron chi connectivity index (χ4n) is 4.74. The summed E-state index contributed by atoms with van der Waals surface area (Å²) in [7, 11) is 0. The summed E-state index contributed by atoms with van der Waals surface area (Å²) in [6.07, 6.45) is 2.05. The van der Waals surface area contributed by atoms with Crippen molar-refractivity contribution in [1.82, 2.24) is 4.90 Å². The van der Waals surface area contributed by atoms with Crippen molar-refractivity contribution in [2.45, 2.75) is 37.4 Å². The zero-order valence-electron chi connectivity index (χ0n) is 16.0. The highest BCUT2D eigenvalue weighted by Gasteiger charge is 2.45. The first kappa shape index (κ1) is 18.0. The Labute approximate surface area is 162 Å². The van der Waals surface area contributed by atoms with E-state index in [2.05, 4.69) is 103 Å². The van der Waals surface area contributed by atoms with E-state index < -0.39 is 0 Å². The summed E-state index contributed by atoms with van der Waals surface area (Å²) in [6.45, 7) is 3.31. The van der Waals surface area contributed by atoms with E-state index in [4.69, 9.17) is 5.73 Å². The number of nitrogens with two attached hydrogens (primary N) is 1. The minimum Gasteiger partial charge on any atom is -0.328 e. The molecule has 0 bridgehead atoms. The molecule has 1 aliphatic rings. The van der Waals surface area contributed by atoms with Gasteiger partial charge in [0.2, 0.25) is 0 Å². The van der Waals surface area contributed by atoms with E-state index in [0.29, 0.717) is 6.04 Å². The van der Waals surface area contributed by atoms with Crippen LogP contribution in [0.5, 0.6) is 0 Å². The van der Waals surface area contributed by atoms with Gasteiger partial charge in [-0.3, -0.25) is 4.90 Å². The zero-order chi connectivity index (χ0) is 18.7. The molecule has 3 aromatic carbocycles. The second-order valence-electron chi connectivity index (χ2n) is 7.64. The minimum absolute atomic E-state index is 0.288. The maximum absolute atomic E-state index is 6.32. The molecular weight excluding hydrogens is 328 g/mol. The normalized spacial score (nSPS) is 21.1. The maximum Gasteiger partial charge on any atom is 0.0975 e. The molecule has 27 heavy (non-hydrogen) atoms. The third-order valence-corrected chi connectivity index (χ3v) is 5.92. The molecule has 1 fully saturated rings. The number of rotatable bonds is 4. The lowest BCUT2D eigenvalue weighted by Crippen LogP contribution is -2.57. The minimum atomic E-state index is -0.316. The Morgan fingerprint density at radius 2 is 1.15 bits per heavy atom. The molecule has 0 saturated carbocycles. The molecule has 2 atom stereocenters. The number of hydrogen-bond donors (Lipinski definition) is 1. The summed E-state index contributed by atoms with van der Waals surface area (Å²) < 4.78 is 0. The van der Waals surface area contributed by atoms with Crippen molar-refractivity contribution in [3.8, 4) is 0 Å². The van der Waals surface area contributed by atoms with Gasteiger partial charge >= 0.3 is 0 Å². The maximum atomic E-state index is 6.32. The van der Waals surface area contributed by atoms with Crippen molar-refractivity contribution in [2.75, 3.05) is 6.54 Å². The van der Waals surface area contributed by atoms with Gasteiger partial charge in [0.05, 0.1) is 5.54 Å². The van der Waals surface area contributed by atoms with Crippen LogP contribution in [-0.4, -0.2) is 23.5 Å². The third-order valence-electron chi connectivity index (χ3n) is 5.92. The molecule has 2 heteroatoms. The fourth-order valence-corrected chi connectivity index (χ4v) is 4.74. The Morgan fingerprint density at radius 3 is 1.52 bits per heavy atom. The first-order valence-electron chi connectivity index (χ1n) is 9.92. The van der Waals surface area contributed by atoms with Crippen molar-refractivity contribution >= 4 is 0 Å². The van der Waals surface area contributed by atoms with Crippen LogP contribution in [0.25, 0.3) is 0 Å². The van der Waals surface area contributed by atoms with Crippen molar-refractivity contribution in [3.05, 3.63) is 108 Å². The Kier molecular flexibility index (Phi) is 5.11. The Morgan fingerprint density at radius 1 is 0.741 bits per heavy atom. The highest BCUT2D eigenvalue weighted by atomic mass is 15.2. The van der Waals surface area contributed by atoms with E-state index >= 15 is 0 Å². The average molecular weight is 357 g/mol. The lowest BCUT2D eigenvalue weighted by Gasteiger charge is -2.51. The molecule has 1 heterocycles. The largest absolute Gasteiger partial charge is 0.328 e. The molecule has 0 aliphatic carbocycles. The summed E-state index contributed by atoms with van der Waals surface area (Å²) >= 11 is 0. The van der Waals surface area contributed by atoms with Gasteiger partial charge in [-0.25, -0.2) is 0 Å². The van der Waals surface area contributed by atoms with Gasteiger partial charge in [0.1, 0.15) is 0 Å². The van der Waals surface area contributed by atoms with Gasteiger partial charge in [0.15, 0.2) is 0 Å². The molecule has 0 spiro atoms. The van der Waals surface area contributed by atoms with Gasteiger partial charge in [0, 0.05) is 18.6 Å². The molecule has 0 radical (unpaired) electrons. The van der Waals surface area contributed by atoms with Crippen LogP contribution in [0, 0.1) is 0 Å². The smallest absolute Gasteiger partial charge is 0.0975 e. The summed E-state index contributed by atoms with van der Waals surface area (Å²) in [5.41, 5.74) is 9.93. The Bertz CT molecular complexity index is 749. The fraction of sp³-hybridized carbons (Fsp3) is 0.280. The molecular formula is C25H28N2. The van der Waals surface area contributed by atoms with Gasteiger partial charge < -0.3 is 5.73 Å². The summed E-state index contributed by atoms with van der Waals surface area (Å²) in [6, 6.07) is 33.5. The molecule has 2 nitrogen and oxygen atoms in total. The number of piperidine rings is 1. The second-order valence-corrected chi connectivity index (χ2v) is 7.64. The van der Waals surface area contributed by atoms with E-state index in [1.807, 2.05) is 0 Å². The molecule has 3 aromatic rings. The van der Waals surface area contributed by atoms with Crippen molar-refractivity contribution in [3.63, 3.8) is 0 Å². The first-order chi connectivity index (χ1) is 13.2. The van der Waals surface area contributed by atoms with Gasteiger partial charge in [0.25, 0.3) is 0 Å². The SMILES string of the molecule is CC1CC(N)CCN1C(c1ccccc1)(c1ccccc1)c1ccccc1. The first-order valence-corrected chi connectivity index (χ1v) is 9.92. The summed E-state index contributed by atoms with van der Waals surface area (Å²) in [5, 5.41) is 0. The van der Waals surface area contributed by atoms with Crippen LogP contribution in [0.3, 0.4) is 0 Å². The highest BCUT2D eigenvalue weighted by Crippen LogP contribution is 2.45. The Hall–Kier alpha value is -2.42. The predicted molar refractivity (Wildman–Crippen MR) is 113 cm³/mol. The van der Waals surface area contributed by atoms with Gasteiger partial charge in [-0.15, -0.1) is 0 Å². The topological polar surface area (TPSA) is 29.3 Å². The second kappa shape index (κ2) is 7.67. The van der Waals surface area contributed by atoms with Crippen LogP contribution in [0.4, 0.5) is 0 Å². The number of likely N-dealkylation sites (tertiary alicyclic amines) is 1. The van der Waals surface area contributed by atoms with Gasteiger partial charge in [-0.05, 0) is 36.5 Å². The predicted octanol–water partition coefficient (Wildman–Crippen LogP) is 4.79. The van der Waals surface area contributed by atoms with Crippen LogP contribution in [0.2, 0.25) is 0 Å². The average Bonchev–Trinajstić information content (AvgIpc) is 2.72. The molecule has 4 rings (SSSR count). The molecule has 0 amide bonds. The van der Waals surface area contributed by atoms with Crippen molar-refractivity contribution in [2.24, 2.45) is 5.73 Å². The van der Waals surface area contributed by atoms with E-state index in [1.165, 1.54) is 16.7 Å². The molecule has 0 aromatic heterocycles. The van der Waals surface area contributed by atoms with E-state index in [1.54, 1.807) is 0 Å². The molecule has 1 saturated heterocycles. The van der Waals surface area contributed by atoms with Crippen LogP contribution in [-0.2, 0) is 5.54 Å². The molecule has 1 aliphatic heterocycles. The number of benzene rings is 3. The summed E-state index contributed by atoms with van der Waals surface area (Å²) in [4.78, 5) is 2.66. The molecule has 138 valence electrons. The summed E-state index contributed by atoms with van der Waals surface area (Å²) in [5.74, 6) is 0. The Balaban J connectivity index is 2.01. The van der Waals surface area contributed by atoms with Crippen molar-refractivity contribution in [1.29, 1.82) is 0 Å². The lowest BCUT2D eigenvalue weighted by molar-refractivity contribution is 0.0665. The molecule has 2 N–H and O–H groups in total. The highest BCUT2D eigenvalue weighted by molar-refractivity contribution is 5.50. The van der Waals surface area contributed by atoms with E-state index in [9.17, 15) is 0 Å². The van der Waals surface area contributed by atoms with Crippen LogP contribution < -0.4 is 5.73 Å². The standard InChI is InChI=1S/C25H28N2/c1-20-19-24(26)17-18-27(20)25(21-11-5-2-6-12-21,22-13-7-3-8-14-22)23-15-9-4-10-16-23/h2-16,20,24H,17-19,26H2,1H3. The zero-order valence-corrected chi connectivity index (χ0v) is 16.0. The van der Waals surface area contributed by atoms with E-state index in [0.717, 1.165) is 19.4 Å². The van der Waals surface area contributed by atoms with Gasteiger partial charge in [-0.1, -0.05) is 91.0 Å². The quantitative estimate of drug-likeness (QED) is 0.681. The van der Waals surface area contributed by atoms with Crippen LogP contribution >= 0.6 is 0 Å². The monoisotopic (exact) mass is 356 g/mol. The van der Waals surface area contributed by atoms with E-state index in [-0.39, 0.29) is 11.6 Å². The molecule has 2 unspecified atom stereocenters. The number of nitrogens with zero attached hydrogens (tertiary/aromatic N) is 1.